The van der Waals surface area contributed by atoms with Gasteiger partial charge in [-0.3, -0.25) is 14.9 Å². The number of hydrogen-bond acceptors (Lipinski definition) is 5. The molecule has 1 N–H and O–H groups in total. The zero-order valence-corrected chi connectivity index (χ0v) is 15.6. The molecule has 1 fully saturated rings. The van der Waals surface area contributed by atoms with Crippen molar-refractivity contribution in [3.8, 4) is 5.69 Å². The Bertz CT molecular complexity index is 1150. The lowest BCUT2D eigenvalue weighted by atomic mass is 10.2. The molecule has 1 aliphatic rings. The standard InChI is InChI=1S/C20H13FN4O3S/c21-13-3-5-14(6-4-13)22-20-23-19(26)18(29-20)12-17-2-1-11-24(17)15-7-9-16(10-8-15)25(27)28/h1-12H,(H,22,23,26)/b18-12+. The molecule has 2 aromatic carbocycles. The number of carbonyl (C=O) groups excluding carboxylic acids is 1. The van der Waals surface area contributed by atoms with Gasteiger partial charge in [0.1, 0.15) is 5.82 Å². The fraction of sp³-hybridized carbons (Fsp3) is 0. The highest BCUT2D eigenvalue weighted by Crippen LogP contribution is 2.29. The number of carbonyl (C=O) groups is 1. The maximum atomic E-state index is 13.0. The number of nitro groups is 1. The Morgan fingerprint density at radius 1 is 1.10 bits per heavy atom. The van der Waals surface area contributed by atoms with Crippen molar-refractivity contribution >= 4 is 40.3 Å². The number of hydrogen-bond donors (Lipinski definition) is 1. The van der Waals surface area contributed by atoms with E-state index in [1.807, 2.05) is 16.7 Å². The number of thioether (sulfide) groups is 1. The summed E-state index contributed by atoms with van der Waals surface area (Å²) in [4.78, 5) is 27.4. The van der Waals surface area contributed by atoms with Gasteiger partial charge in [0.25, 0.3) is 11.6 Å². The summed E-state index contributed by atoms with van der Waals surface area (Å²) in [7, 11) is 0. The summed E-state index contributed by atoms with van der Waals surface area (Å²) >= 11 is 1.18. The van der Waals surface area contributed by atoms with E-state index < -0.39 is 4.92 Å². The van der Waals surface area contributed by atoms with E-state index in [-0.39, 0.29) is 17.4 Å². The quantitative estimate of drug-likeness (QED) is 0.393. The second kappa shape index (κ2) is 7.72. The molecule has 144 valence electrons. The van der Waals surface area contributed by atoms with Crippen molar-refractivity contribution in [3.05, 3.63) is 93.4 Å². The highest BCUT2D eigenvalue weighted by atomic mass is 32.2. The van der Waals surface area contributed by atoms with Crippen molar-refractivity contribution in [2.75, 3.05) is 0 Å². The van der Waals surface area contributed by atoms with Crippen molar-refractivity contribution in [1.29, 1.82) is 0 Å². The number of halogens is 1. The normalized spacial score (nSPS) is 16.4. The van der Waals surface area contributed by atoms with Crippen LogP contribution in [0.2, 0.25) is 0 Å². The number of rotatable bonds is 4. The second-order valence-corrected chi connectivity index (χ2v) is 7.07. The van der Waals surface area contributed by atoms with E-state index in [0.29, 0.717) is 15.8 Å². The van der Waals surface area contributed by atoms with Crippen LogP contribution in [-0.4, -0.2) is 20.6 Å². The summed E-state index contributed by atoms with van der Waals surface area (Å²) in [6.45, 7) is 0. The van der Waals surface area contributed by atoms with E-state index in [9.17, 15) is 19.3 Å². The second-order valence-electron chi connectivity index (χ2n) is 6.03. The van der Waals surface area contributed by atoms with Gasteiger partial charge in [0.2, 0.25) is 0 Å². The lowest BCUT2D eigenvalue weighted by Gasteiger charge is -2.06. The molecule has 4 rings (SSSR count). The minimum Gasteiger partial charge on any atom is -0.317 e. The first kappa shape index (κ1) is 18.6. The van der Waals surface area contributed by atoms with Gasteiger partial charge in [-0.15, -0.1) is 0 Å². The molecule has 0 saturated carbocycles. The maximum Gasteiger partial charge on any atom is 0.269 e. The Kier molecular flexibility index (Phi) is 4.96. The Labute approximate surface area is 168 Å². The Morgan fingerprint density at radius 2 is 1.83 bits per heavy atom. The Balaban J connectivity index is 1.59. The minimum atomic E-state index is -0.455. The molecule has 7 nitrogen and oxygen atoms in total. The van der Waals surface area contributed by atoms with E-state index in [1.165, 1.54) is 48.2 Å². The van der Waals surface area contributed by atoms with Crippen molar-refractivity contribution < 1.29 is 14.1 Å². The molecule has 0 spiro atoms. The van der Waals surface area contributed by atoms with Gasteiger partial charge in [-0.2, -0.15) is 0 Å². The SMILES string of the molecule is O=C1NC(=Nc2ccc(F)cc2)S/C1=C/c1cccn1-c1ccc([N+](=O)[O-])cc1. The highest BCUT2D eigenvalue weighted by Gasteiger charge is 2.24. The number of nitrogens with zero attached hydrogens (tertiary/aromatic N) is 3. The number of nitro benzene ring substituents is 1. The topological polar surface area (TPSA) is 89.5 Å². The molecule has 1 aliphatic heterocycles. The fourth-order valence-corrected chi connectivity index (χ4v) is 3.56. The molecule has 3 aromatic rings. The lowest BCUT2D eigenvalue weighted by Crippen LogP contribution is -2.19. The number of aromatic nitrogens is 1. The number of non-ortho nitro benzene ring substituents is 1. The van der Waals surface area contributed by atoms with Crippen LogP contribution >= 0.6 is 11.8 Å². The third-order valence-corrected chi connectivity index (χ3v) is 5.02. The average Bonchev–Trinajstić information content (AvgIpc) is 3.30. The maximum absolute atomic E-state index is 13.0. The number of aliphatic imine (C=N–C) groups is 1. The van der Waals surface area contributed by atoms with Gasteiger partial charge in [-0.25, -0.2) is 9.38 Å². The van der Waals surface area contributed by atoms with Gasteiger partial charge < -0.3 is 9.88 Å². The predicted octanol–water partition coefficient (Wildman–Crippen LogP) is 4.42. The van der Waals surface area contributed by atoms with Gasteiger partial charge in [-0.05, 0) is 66.4 Å². The summed E-state index contributed by atoms with van der Waals surface area (Å²) in [6, 6.07) is 15.4. The van der Waals surface area contributed by atoms with E-state index in [0.717, 1.165) is 11.4 Å². The van der Waals surface area contributed by atoms with Crippen molar-refractivity contribution in [3.63, 3.8) is 0 Å². The zero-order chi connectivity index (χ0) is 20.4. The first-order chi connectivity index (χ1) is 14.0. The van der Waals surface area contributed by atoms with Crippen LogP contribution in [0, 0.1) is 15.9 Å². The number of nitrogens with one attached hydrogen (secondary N) is 1. The monoisotopic (exact) mass is 408 g/mol. The summed E-state index contributed by atoms with van der Waals surface area (Å²) in [5.74, 6) is -0.642. The molecule has 2 heterocycles. The Hall–Kier alpha value is -3.72. The molecule has 9 heteroatoms. The molecule has 1 aromatic heterocycles. The van der Waals surface area contributed by atoms with Gasteiger partial charge in [-0.1, -0.05) is 0 Å². The smallest absolute Gasteiger partial charge is 0.269 e. The predicted molar refractivity (Wildman–Crippen MR) is 110 cm³/mol. The molecule has 0 bridgehead atoms. The largest absolute Gasteiger partial charge is 0.317 e. The van der Waals surface area contributed by atoms with Crippen LogP contribution in [0.15, 0.2) is 76.8 Å². The van der Waals surface area contributed by atoms with Crippen LogP contribution in [0.5, 0.6) is 0 Å². The van der Waals surface area contributed by atoms with Crippen LogP contribution in [-0.2, 0) is 4.79 Å². The van der Waals surface area contributed by atoms with Gasteiger partial charge in [0, 0.05) is 29.7 Å². The first-order valence-corrected chi connectivity index (χ1v) is 9.28. The van der Waals surface area contributed by atoms with Crippen LogP contribution in [0.25, 0.3) is 11.8 Å². The molecule has 0 atom stereocenters. The van der Waals surface area contributed by atoms with E-state index in [2.05, 4.69) is 10.3 Å². The minimum absolute atomic E-state index is 0.00758. The van der Waals surface area contributed by atoms with E-state index >= 15 is 0 Å². The molecule has 0 unspecified atom stereocenters. The Morgan fingerprint density at radius 3 is 2.52 bits per heavy atom. The van der Waals surface area contributed by atoms with E-state index in [4.69, 9.17) is 0 Å². The molecule has 0 radical (unpaired) electrons. The lowest BCUT2D eigenvalue weighted by molar-refractivity contribution is -0.384. The van der Waals surface area contributed by atoms with Crippen molar-refractivity contribution in [2.24, 2.45) is 4.99 Å². The van der Waals surface area contributed by atoms with Crippen molar-refractivity contribution in [1.82, 2.24) is 9.88 Å². The highest BCUT2D eigenvalue weighted by molar-refractivity contribution is 8.18. The molecular weight excluding hydrogens is 395 g/mol. The van der Waals surface area contributed by atoms with Crippen LogP contribution in [0.3, 0.4) is 0 Å². The van der Waals surface area contributed by atoms with Gasteiger partial charge >= 0.3 is 0 Å². The molecular formula is C20H13FN4O3S. The molecule has 29 heavy (non-hydrogen) atoms. The molecule has 1 saturated heterocycles. The first-order valence-electron chi connectivity index (χ1n) is 8.47. The summed E-state index contributed by atoms with van der Waals surface area (Å²) in [6.07, 6.45) is 3.52. The average molecular weight is 408 g/mol. The number of amidine groups is 1. The van der Waals surface area contributed by atoms with E-state index in [1.54, 1.807) is 24.4 Å². The summed E-state index contributed by atoms with van der Waals surface area (Å²) in [5, 5.41) is 13.9. The van der Waals surface area contributed by atoms with Crippen LogP contribution in [0.1, 0.15) is 5.69 Å². The summed E-state index contributed by atoms with van der Waals surface area (Å²) < 4.78 is 14.8. The molecule has 0 aliphatic carbocycles. The van der Waals surface area contributed by atoms with Gasteiger partial charge in [0.15, 0.2) is 5.17 Å². The number of benzene rings is 2. The number of amides is 1. The fourth-order valence-electron chi connectivity index (χ4n) is 2.73. The van der Waals surface area contributed by atoms with Crippen molar-refractivity contribution in [2.45, 2.75) is 0 Å². The third-order valence-electron chi connectivity index (χ3n) is 4.11. The zero-order valence-electron chi connectivity index (χ0n) is 14.8. The molecule has 1 amide bonds. The summed E-state index contributed by atoms with van der Waals surface area (Å²) in [5.41, 5.74) is 2.01. The van der Waals surface area contributed by atoms with Gasteiger partial charge in [0.05, 0.1) is 15.5 Å². The van der Waals surface area contributed by atoms with Crippen LogP contribution < -0.4 is 5.32 Å². The van der Waals surface area contributed by atoms with Crippen LogP contribution in [0.4, 0.5) is 15.8 Å². The third kappa shape index (κ3) is 4.09.